The second-order valence-corrected chi connectivity index (χ2v) is 6.45. The van der Waals surface area contributed by atoms with E-state index in [1.54, 1.807) is 6.92 Å². The molecule has 2 aromatic rings. The Balaban J connectivity index is 1.67. The van der Waals surface area contributed by atoms with E-state index >= 15 is 0 Å². The van der Waals surface area contributed by atoms with E-state index < -0.39 is 4.92 Å². The topological polar surface area (TPSA) is 84.3 Å². The van der Waals surface area contributed by atoms with E-state index in [9.17, 15) is 14.9 Å². The van der Waals surface area contributed by atoms with Crippen LogP contribution in [-0.4, -0.2) is 10.8 Å². The lowest BCUT2D eigenvalue weighted by Crippen LogP contribution is -2.21. The van der Waals surface area contributed by atoms with E-state index in [0.717, 1.165) is 30.0 Å². The quantitative estimate of drug-likeness (QED) is 0.670. The van der Waals surface area contributed by atoms with Gasteiger partial charge < -0.3 is 10.6 Å². The predicted octanol–water partition coefficient (Wildman–Crippen LogP) is 2.50. The van der Waals surface area contributed by atoms with E-state index in [1.807, 2.05) is 6.07 Å². The molecule has 1 amide bonds. The number of nitro groups is 1. The van der Waals surface area contributed by atoms with Crippen LogP contribution in [0.25, 0.3) is 0 Å². The molecule has 2 N–H and O–H groups in total. The highest BCUT2D eigenvalue weighted by molar-refractivity contribution is 7.14. The Morgan fingerprint density at radius 1 is 1.36 bits per heavy atom. The number of carbonyl (C=O) groups is 1. The van der Waals surface area contributed by atoms with Gasteiger partial charge in [0.2, 0.25) is 0 Å². The first-order chi connectivity index (χ1) is 10.5. The van der Waals surface area contributed by atoms with Gasteiger partial charge in [-0.2, -0.15) is 0 Å². The van der Waals surface area contributed by atoms with Gasteiger partial charge in [0.25, 0.3) is 11.6 Å². The van der Waals surface area contributed by atoms with Crippen LogP contribution in [0.5, 0.6) is 0 Å². The second kappa shape index (κ2) is 5.86. The zero-order valence-electron chi connectivity index (χ0n) is 12.0. The lowest BCUT2D eigenvalue weighted by molar-refractivity contribution is -0.385. The average Bonchev–Trinajstić information content (AvgIpc) is 3.10. The number of carbonyl (C=O) groups excluding carboxylic acids is 1. The number of rotatable bonds is 4. The Morgan fingerprint density at radius 3 is 2.86 bits per heavy atom. The van der Waals surface area contributed by atoms with Crippen molar-refractivity contribution < 1.29 is 9.72 Å². The predicted molar refractivity (Wildman–Crippen MR) is 83.9 cm³/mol. The molecule has 7 heteroatoms. The van der Waals surface area contributed by atoms with Gasteiger partial charge in [-0.3, -0.25) is 14.9 Å². The first-order valence-corrected chi connectivity index (χ1v) is 7.70. The van der Waals surface area contributed by atoms with E-state index in [0.29, 0.717) is 16.3 Å². The molecule has 0 saturated carbocycles. The summed E-state index contributed by atoms with van der Waals surface area (Å²) in [6, 6.07) is 7.48. The zero-order chi connectivity index (χ0) is 15.7. The highest BCUT2D eigenvalue weighted by Crippen LogP contribution is 2.28. The second-order valence-electron chi connectivity index (χ2n) is 5.20. The van der Waals surface area contributed by atoms with E-state index in [1.165, 1.54) is 17.2 Å². The fraction of sp³-hybridized carbons (Fsp3) is 0.267. The number of hydrogen-bond acceptors (Lipinski definition) is 5. The Labute approximate surface area is 131 Å². The minimum absolute atomic E-state index is 0.00115. The van der Waals surface area contributed by atoms with Crippen LogP contribution in [0.15, 0.2) is 24.3 Å². The van der Waals surface area contributed by atoms with Crippen molar-refractivity contribution in [3.05, 3.63) is 60.8 Å². The normalized spacial score (nSPS) is 13.0. The largest absolute Gasteiger partial charge is 0.347 e. The molecule has 0 saturated heterocycles. The third-order valence-corrected chi connectivity index (χ3v) is 4.71. The van der Waals surface area contributed by atoms with Crippen molar-refractivity contribution in [3.63, 3.8) is 0 Å². The number of nitrogens with one attached hydrogen (secondary N) is 2. The molecule has 6 nitrogen and oxygen atoms in total. The van der Waals surface area contributed by atoms with Gasteiger partial charge in [0.1, 0.15) is 0 Å². The van der Waals surface area contributed by atoms with Gasteiger partial charge in [-0.15, -0.1) is 11.3 Å². The average molecular weight is 317 g/mol. The Kier molecular flexibility index (Phi) is 3.91. The number of aryl methyl sites for hydroxylation is 1. The van der Waals surface area contributed by atoms with Gasteiger partial charge >= 0.3 is 0 Å². The summed E-state index contributed by atoms with van der Waals surface area (Å²) >= 11 is 1.14. The van der Waals surface area contributed by atoms with Crippen LogP contribution in [0.3, 0.4) is 0 Å². The molecule has 1 aliphatic rings. The highest BCUT2D eigenvalue weighted by Gasteiger charge is 2.19. The summed E-state index contributed by atoms with van der Waals surface area (Å²) in [7, 11) is 0. The van der Waals surface area contributed by atoms with Crippen LogP contribution >= 0.6 is 11.3 Å². The van der Waals surface area contributed by atoms with Gasteiger partial charge in [-0.25, -0.2) is 0 Å². The van der Waals surface area contributed by atoms with Crippen LogP contribution in [0.2, 0.25) is 0 Å². The Bertz CT molecular complexity index is 754. The number of fused-ring (bicyclic) bond motifs is 1. The number of benzene rings is 1. The Hall–Kier alpha value is -2.25. The van der Waals surface area contributed by atoms with Gasteiger partial charge in [0, 0.05) is 25.7 Å². The fourth-order valence-corrected chi connectivity index (χ4v) is 3.40. The summed E-state index contributed by atoms with van der Waals surface area (Å²) in [6.07, 6.45) is 0. The van der Waals surface area contributed by atoms with Crippen LogP contribution in [-0.2, 0) is 19.6 Å². The molecular weight excluding hydrogens is 302 g/mol. The fourth-order valence-electron chi connectivity index (χ4n) is 2.49. The molecule has 22 heavy (non-hydrogen) atoms. The van der Waals surface area contributed by atoms with Crippen molar-refractivity contribution in [2.45, 2.75) is 26.6 Å². The van der Waals surface area contributed by atoms with Crippen molar-refractivity contribution in [1.29, 1.82) is 0 Å². The molecule has 0 bridgehead atoms. The van der Waals surface area contributed by atoms with E-state index in [4.69, 9.17) is 0 Å². The monoisotopic (exact) mass is 317 g/mol. The number of amides is 1. The minimum atomic E-state index is -0.462. The van der Waals surface area contributed by atoms with Crippen molar-refractivity contribution in [2.75, 3.05) is 0 Å². The third kappa shape index (κ3) is 2.86. The van der Waals surface area contributed by atoms with Crippen LogP contribution in [0.1, 0.15) is 31.2 Å². The summed E-state index contributed by atoms with van der Waals surface area (Å²) in [5, 5.41) is 16.9. The van der Waals surface area contributed by atoms with E-state index in [2.05, 4.69) is 22.8 Å². The van der Waals surface area contributed by atoms with Crippen LogP contribution < -0.4 is 10.6 Å². The maximum Gasteiger partial charge on any atom is 0.283 e. The van der Waals surface area contributed by atoms with E-state index in [-0.39, 0.29) is 11.6 Å². The zero-order valence-corrected chi connectivity index (χ0v) is 12.8. The molecule has 2 heterocycles. The molecular formula is C15H15N3O3S. The number of thiophene rings is 1. The molecule has 0 atom stereocenters. The van der Waals surface area contributed by atoms with Gasteiger partial charge in [-0.05, 0) is 23.6 Å². The SMILES string of the molecule is Cc1sc(C(=O)NCc2ccc3c(c2)CNC3)cc1[N+](=O)[O-]. The molecule has 0 radical (unpaired) electrons. The van der Waals surface area contributed by atoms with Crippen LogP contribution in [0, 0.1) is 17.0 Å². The number of hydrogen-bond donors (Lipinski definition) is 2. The summed E-state index contributed by atoms with van der Waals surface area (Å²) in [5.41, 5.74) is 3.58. The highest BCUT2D eigenvalue weighted by atomic mass is 32.1. The first-order valence-electron chi connectivity index (χ1n) is 6.89. The molecule has 114 valence electrons. The number of nitrogens with zero attached hydrogens (tertiary/aromatic N) is 1. The molecule has 1 aliphatic heterocycles. The lowest BCUT2D eigenvalue weighted by atomic mass is 10.1. The molecule has 0 unspecified atom stereocenters. The van der Waals surface area contributed by atoms with Gasteiger partial charge in [0.15, 0.2) is 0 Å². The van der Waals surface area contributed by atoms with Crippen molar-refractivity contribution in [3.8, 4) is 0 Å². The molecule has 3 rings (SSSR count). The minimum Gasteiger partial charge on any atom is -0.347 e. The Morgan fingerprint density at radius 2 is 2.14 bits per heavy atom. The smallest absolute Gasteiger partial charge is 0.283 e. The van der Waals surface area contributed by atoms with Crippen molar-refractivity contribution >= 4 is 22.9 Å². The molecule has 0 fully saturated rings. The lowest BCUT2D eigenvalue weighted by Gasteiger charge is -2.06. The van der Waals surface area contributed by atoms with Gasteiger partial charge in [0.05, 0.1) is 14.7 Å². The maximum atomic E-state index is 12.1. The molecule has 1 aromatic heterocycles. The van der Waals surface area contributed by atoms with Gasteiger partial charge in [-0.1, -0.05) is 18.2 Å². The van der Waals surface area contributed by atoms with Crippen molar-refractivity contribution in [2.24, 2.45) is 0 Å². The van der Waals surface area contributed by atoms with Crippen LogP contribution in [0.4, 0.5) is 5.69 Å². The standard InChI is InChI=1S/C15H15N3O3S/c1-9-13(18(20)21)5-14(22-9)15(19)17-6-10-2-3-11-7-16-8-12(11)4-10/h2-5,16H,6-8H2,1H3,(H,17,19). The van der Waals surface area contributed by atoms with Crippen molar-refractivity contribution in [1.82, 2.24) is 10.6 Å². The third-order valence-electron chi connectivity index (χ3n) is 3.67. The first kappa shape index (κ1) is 14.7. The molecule has 0 spiro atoms. The summed E-state index contributed by atoms with van der Waals surface area (Å²) in [6.45, 7) is 3.80. The molecule has 0 aliphatic carbocycles. The summed E-state index contributed by atoms with van der Waals surface area (Å²) < 4.78 is 0. The summed E-state index contributed by atoms with van der Waals surface area (Å²) in [5.74, 6) is -0.278. The molecule has 1 aromatic carbocycles. The summed E-state index contributed by atoms with van der Waals surface area (Å²) in [4.78, 5) is 23.4. The maximum absolute atomic E-state index is 12.1.